The molecular weight excluding hydrogens is 174 g/mol. The van der Waals surface area contributed by atoms with Gasteiger partial charge in [0, 0.05) is 19.0 Å². The van der Waals surface area contributed by atoms with Crippen LogP contribution in [0.25, 0.3) is 0 Å². The smallest absolute Gasteiger partial charge is 0.148 e. The predicted octanol–water partition coefficient (Wildman–Crippen LogP) is 2.48. The van der Waals surface area contributed by atoms with E-state index in [0.29, 0.717) is 18.4 Å². The largest absolute Gasteiger partial charge is 0.298 e. The highest BCUT2D eigenvalue weighted by molar-refractivity contribution is 5.82. The predicted molar refractivity (Wildman–Crippen MR) is 59.3 cm³/mol. The molecule has 14 heavy (non-hydrogen) atoms. The summed E-state index contributed by atoms with van der Waals surface area (Å²) in [7, 11) is 0. The minimum Gasteiger partial charge on any atom is -0.298 e. The van der Waals surface area contributed by atoms with Gasteiger partial charge in [-0.05, 0) is 19.3 Å². The maximum Gasteiger partial charge on any atom is 0.148 e. The van der Waals surface area contributed by atoms with Crippen molar-refractivity contribution in [3.8, 4) is 0 Å². The van der Waals surface area contributed by atoms with Gasteiger partial charge in [-0.25, -0.2) is 0 Å². The molecule has 0 saturated carbocycles. The Hall–Kier alpha value is -0.370. The first-order chi connectivity index (χ1) is 6.59. The van der Waals surface area contributed by atoms with Gasteiger partial charge in [-0.3, -0.25) is 9.69 Å². The average molecular weight is 197 g/mol. The van der Waals surface area contributed by atoms with E-state index in [1.807, 2.05) is 0 Å². The van der Waals surface area contributed by atoms with Gasteiger partial charge in [0.2, 0.25) is 0 Å². The SMILES string of the molecule is CC(C)CCCC(C)N1CCC(=O)C1. The summed E-state index contributed by atoms with van der Waals surface area (Å²) in [4.78, 5) is 13.4. The second kappa shape index (κ2) is 5.50. The van der Waals surface area contributed by atoms with Crippen molar-refractivity contribution in [3.63, 3.8) is 0 Å². The highest BCUT2D eigenvalue weighted by Crippen LogP contribution is 2.15. The van der Waals surface area contributed by atoms with Crippen LogP contribution < -0.4 is 0 Å². The lowest BCUT2D eigenvalue weighted by Gasteiger charge is -2.23. The van der Waals surface area contributed by atoms with Gasteiger partial charge in [0.05, 0.1) is 6.54 Å². The molecule has 1 rings (SSSR count). The topological polar surface area (TPSA) is 20.3 Å². The van der Waals surface area contributed by atoms with Crippen molar-refractivity contribution in [1.82, 2.24) is 4.90 Å². The van der Waals surface area contributed by atoms with Crippen LogP contribution in [0.5, 0.6) is 0 Å². The summed E-state index contributed by atoms with van der Waals surface area (Å²) < 4.78 is 0. The van der Waals surface area contributed by atoms with Gasteiger partial charge in [-0.15, -0.1) is 0 Å². The zero-order chi connectivity index (χ0) is 10.6. The molecule has 1 heterocycles. The molecule has 0 aliphatic carbocycles. The van der Waals surface area contributed by atoms with Crippen LogP contribution in [-0.2, 0) is 4.79 Å². The molecule has 1 atom stereocenters. The molecule has 0 spiro atoms. The van der Waals surface area contributed by atoms with Crippen LogP contribution in [0, 0.1) is 5.92 Å². The third-order valence-electron chi connectivity index (χ3n) is 3.08. The van der Waals surface area contributed by atoms with E-state index in [0.717, 1.165) is 18.9 Å². The number of nitrogens with zero attached hydrogens (tertiary/aromatic N) is 1. The molecule has 0 aromatic carbocycles. The van der Waals surface area contributed by atoms with E-state index in [-0.39, 0.29) is 0 Å². The van der Waals surface area contributed by atoms with Gasteiger partial charge in [-0.1, -0.05) is 26.7 Å². The first kappa shape index (κ1) is 11.7. The normalized spacial score (nSPS) is 20.7. The number of hydrogen-bond acceptors (Lipinski definition) is 2. The van der Waals surface area contributed by atoms with Gasteiger partial charge in [0.1, 0.15) is 5.78 Å². The second-order valence-electron chi connectivity index (χ2n) is 4.93. The van der Waals surface area contributed by atoms with E-state index in [2.05, 4.69) is 25.7 Å². The fourth-order valence-corrected chi connectivity index (χ4v) is 2.03. The van der Waals surface area contributed by atoms with Crippen LogP contribution in [0.4, 0.5) is 0 Å². The summed E-state index contributed by atoms with van der Waals surface area (Å²) in [6, 6.07) is 0.597. The van der Waals surface area contributed by atoms with Crippen LogP contribution in [0.3, 0.4) is 0 Å². The third-order valence-corrected chi connectivity index (χ3v) is 3.08. The zero-order valence-electron chi connectivity index (χ0n) is 9.75. The number of likely N-dealkylation sites (tertiary alicyclic amines) is 1. The molecule has 1 aliphatic heterocycles. The molecule has 2 heteroatoms. The number of ketones is 1. The van der Waals surface area contributed by atoms with Crippen LogP contribution in [-0.4, -0.2) is 29.8 Å². The first-order valence-corrected chi connectivity index (χ1v) is 5.85. The molecule has 0 bridgehead atoms. The van der Waals surface area contributed by atoms with Crippen molar-refractivity contribution >= 4 is 5.78 Å². The lowest BCUT2D eigenvalue weighted by Crippen LogP contribution is -2.30. The van der Waals surface area contributed by atoms with Crippen LogP contribution in [0.15, 0.2) is 0 Å². The quantitative estimate of drug-likeness (QED) is 0.675. The average Bonchev–Trinajstić information content (AvgIpc) is 2.51. The van der Waals surface area contributed by atoms with Crippen LogP contribution >= 0.6 is 0 Å². The summed E-state index contributed by atoms with van der Waals surface area (Å²) >= 11 is 0. The molecule has 0 aromatic heterocycles. The minimum absolute atomic E-state index is 0.417. The standard InChI is InChI=1S/C12H23NO/c1-10(2)5-4-6-11(3)13-8-7-12(14)9-13/h10-11H,4-9H2,1-3H3. The minimum atomic E-state index is 0.417. The van der Waals surface area contributed by atoms with Gasteiger partial charge in [0.25, 0.3) is 0 Å². The van der Waals surface area contributed by atoms with Gasteiger partial charge in [0.15, 0.2) is 0 Å². The Labute approximate surface area is 87.7 Å². The van der Waals surface area contributed by atoms with Crippen molar-refractivity contribution in [2.24, 2.45) is 5.92 Å². The molecule has 82 valence electrons. The van der Waals surface area contributed by atoms with E-state index in [1.165, 1.54) is 19.3 Å². The van der Waals surface area contributed by atoms with Gasteiger partial charge >= 0.3 is 0 Å². The van der Waals surface area contributed by atoms with Crippen molar-refractivity contribution in [1.29, 1.82) is 0 Å². The van der Waals surface area contributed by atoms with Crippen molar-refractivity contribution in [2.75, 3.05) is 13.1 Å². The van der Waals surface area contributed by atoms with E-state index >= 15 is 0 Å². The Morgan fingerprint density at radius 2 is 2.00 bits per heavy atom. The van der Waals surface area contributed by atoms with E-state index in [9.17, 15) is 4.79 Å². The Morgan fingerprint density at radius 3 is 2.50 bits per heavy atom. The highest BCUT2D eigenvalue weighted by atomic mass is 16.1. The molecule has 2 nitrogen and oxygen atoms in total. The summed E-state index contributed by atoms with van der Waals surface area (Å²) in [5.74, 6) is 1.23. The Balaban J connectivity index is 2.15. The Bertz CT molecular complexity index is 189. The maximum atomic E-state index is 11.1. The lowest BCUT2D eigenvalue weighted by molar-refractivity contribution is -0.117. The lowest BCUT2D eigenvalue weighted by atomic mass is 10.0. The zero-order valence-corrected chi connectivity index (χ0v) is 9.75. The number of hydrogen-bond donors (Lipinski definition) is 0. The molecule has 0 aromatic rings. The van der Waals surface area contributed by atoms with E-state index < -0.39 is 0 Å². The van der Waals surface area contributed by atoms with Crippen LogP contribution in [0.2, 0.25) is 0 Å². The number of carbonyl (C=O) groups is 1. The highest BCUT2D eigenvalue weighted by Gasteiger charge is 2.23. The molecular formula is C12H23NO. The monoisotopic (exact) mass is 197 g/mol. The summed E-state index contributed by atoms with van der Waals surface area (Å²) in [5.41, 5.74) is 0. The number of rotatable bonds is 5. The molecule has 1 aliphatic rings. The fraction of sp³-hybridized carbons (Fsp3) is 0.917. The summed E-state index contributed by atoms with van der Waals surface area (Å²) in [5, 5.41) is 0. The fourth-order valence-electron chi connectivity index (χ4n) is 2.03. The molecule has 0 N–H and O–H groups in total. The maximum absolute atomic E-state index is 11.1. The summed E-state index contributed by atoms with van der Waals surface area (Å²) in [6.07, 6.45) is 4.62. The second-order valence-corrected chi connectivity index (χ2v) is 4.93. The first-order valence-electron chi connectivity index (χ1n) is 5.85. The van der Waals surface area contributed by atoms with Crippen LogP contribution in [0.1, 0.15) is 46.5 Å². The van der Waals surface area contributed by atoms with Crippen molar-refractivity contribution < 1.29 is 4.79 Å². The molecule has 1 saturated heterocycles. The van der Waals surface area contributed by atoms with Crippen molar-refractivity contribution in [3.05, 3.63) is 0 Å². The van der Waals surface area contributed by atoms with Gasteiger partial charge in [-0.2, -0.15) is 0 Å². The van der Waals surface area contributed by atoms with Crippen molar-refractivity contribution in [2.45, 2.75) is 52.5 Å². The third kappa shape index (κ3) is 3.79. The Morgan fingerprint density at radius 1 is 1.29 bits per heavy atom. The van der Waals surface area contributed by atoms with E-state index in [4.69, 9.17) is 0 Å². The summed E-state index contributed by atoms with van der Waals surface area (Å²) in [6.45, 7) is 8.47. The number of carbonyl (C=O) groups excluding carboxylic acids is 1. The number of Topliss-reactive ketones (excluding diaryl/α,β-unsaturated/α-hetero) is 1. The van der Waals surface area contributed by atoms with E-state index in [1.54, 1.807) is 0 Å². The van der Waals surface area contributed by atoms with Gasteiger partial charge < -0.3 is 0 Å². The molecule has 0 radical (unpaired) electrons. The Kier molecular flexibility index (Phi) is 4.59. The molecule has 1 fully saturated rings. The molecule has 0 amide bonds. The molecule has 1 unspecified atom stereocenters.